The zero-order chi connectivity index (χ0) is 7.40. The van der Waals surface area contributed by atoms with Crippen LogP contribution in [0, 0.1) is 22.7 Å². The molecule has 1 aliphatic heterocycles. The zero-order valence-electron chi connectivity index (χ0n) is 5.22. The molecule has 1 fully saturated rings. The molecule has 4 heteroatoms. The predicted molar refractivity (Wildman–Crippen MR) is 32.2 cm³/mol. The number of rotatable bonds is 0. The molecule has 0 spiro atoms. The van der Waals surface area contributed by atoms with Gasteiger partial charge in [0.1, 0.15) is 18.7 Å². The van der Waals surface area contributed by atoms with Gasteiger partial charge in [0.15, 0.2) is 5.57 Å². The van der Waals surface area contributed by atoms with E-state index in [4.69, 9.17) is 15.3 Å². The topological polar surface area (TPSA) is 68.8 Å². The molecule has 1 N–H and O–H groups in total. The molecule has 0 atom stereocenters. The molecule has 0 amide bonds. The molecule has 0 aliphatic carbocycles. The second-order valence-corrected chi connectivity index (χ2v) is 1.70. The number of hydrogen-bond donors (Lipinski definition) is 1. The van der Waals surface area contributed by atoms with Gasteiger partial charge in [-0.3, -0.25) is 0 Å². The summed E-state index contributed by atoms with van der Waals surface area (Å²) in [6.45, 7) is 1.20. The van der Waals surface area contributed by atoms with E-state index in [0.717, 1.165) is 0 Å². The van der Waals surface area contributed by atoms with Crippen molar-refractivity contribution < 1.29 is 4.74 Å². The summed E-state index contributed by atoms with van der Waals surface area (Å²) >= 11 is 0. The molecule has 0 aromatic carbocycles. The molecule has 1 aliphatic rings. The number of hydrogen-bond acceptors (Lipinski definition) is 4. The Morgan fingerprint density at radius 2 is 2.20 bits per heavy atom. The van der Waals surface area contributed by atoms with E-state index < -0.39 is 0 Å². The molecule has 0 bridgehead atoms. The Balaban J connectivity index is 2.85. The first kappa shape index (κ1) is 6.44. The first-order valence-corrected chi connectivity index (χ1v) is 2.79. The van der Waals surface area contributed by atoms with Gasteiger partial charge in [-0.2, -0.15) is 10.5 Å². The quantitative estimate of drug-likeness (QED) is 0.469. The van der Waals surface area contributed by atoms with E-state index in [-0.39, 0.29) is 5.57 Å². The molecule has 0 saturated carbocycles. The number of allylic oxidation sites excluding steroid dienone is 1. The first-order chi connectivity index (χ1) is 4.88. The summed E-state index contributed by atoms with van der Waals surface area (Å²) in [6, 6.07) is 3.45. The van der Waals surface area contributed by atoms with E-state index in [2.05, 4.69) is 5.32 Å². The molecule has 0 unspecified atom stereocenters. The molecular formula is C6H5N3O. The molecule has 0 radical (unpaired) electrons. The SMILES string of the molecule is N#CC(C#N)=C1NCCO1. The summed E-state index contributed by atoms with van der Waals surface area (Å²) in [5, 5.41) is 19.4. The van der Waals surface area contributed by atoms with E-state index in [1.165, 1.54) is 0 Å². The third-order valence-corrected chi connectivity index (χ3v) is 1.08. The van der Waals surface area contributed by atoms with Gasteiger partial charge in [-0.15, -0.1) is 0 Å². The van der Waals surface area contributed by atoms with E-state index in [1.807, 2.05) is 0 Å². The lowest BCUT2D eigenvalue weighted by Gasteiger charge is -1.94. The number of nitrogens with zero attached hydrogens (tertiary/aromatic N) is 2. The predicted octanol–water partition coefficient (Wildman–Crippen LogP) is -0.135. The highest BCUT2D eigenvalue weighted by atomic mass is 16.5. The van der Waals surface area contributed by atoms with Gasteiger partial charge >= 0.3 is 0 Å². The molecule has 50 valence electrons. The third kappa shape index (κ3) is 1.01. The lowest BCUT2D eigenvalue weighted by atomic mass is 10.3. The fourth-order valence-corrected chi connectivity index (χ4v) is 0.656. The van der Waals surface area contributed by atoms with Crippen LogP contribution in [0.2, 0.25) is 0 Å². The van der Waals surface area contributed by atoms with Crippen molar-refractivity contribution in [2.45, 2.75) is 0 Å². The summed E-state index contributed by atoms with van der Waals surface area (Å²) < 4.78 is 4.92. The van der Waals surface area contributed by atoms with Gasteiger partial charge in [0.05, 0.1) is 6.54 Å². The van der Waals surface area contributed by atoms with Gasteiger partial charge in [0.2, 0.25) is 5.88 Å². The average molecular weight is 135 g/mol. The molecule has 1 heterocycles. The Morgan fingerprint density at radius 3 is 2.60 bits per heavy atom. The lowest BCUT2D eigenvalue weighted by molar-refractivity contribution is 0.264. The number of nitriles is 2. The van der Waals surface area contributed by atoms with Gasteiger partial charge in [0, 0.05) is 0 Å². The van der Waals surface area contributed by atoms with Crippen molar-refractivity contribution in [2.75, 3.05) is 13.2 Å². The fraction of sp³-hybridized carbons (Fsp3) is 0.333. The Kier molecular flexibility index (Phi) is 1.77. The van der Waals surface area contributed by atoms with Gasteiger partial charge in [-0.05, 0) is 0 Å². The second-order valence-electron chi connectivity index (χ2n) is 1.70. The molecule has 0 aromatic rings. The summed E-state index contributed by atoms with van der Waals surface area (Å²) in [7, 11) is 0. The molecule has 4 nitrogen and oxygen atoms in total. The lowest BCUT2D eigenvalue weighted by Crippen LogP contribution is -2.06. The van der Waals surface area contributed by atoms with Crippen molar-refractivity contribution in [1.82, 2.24) is 5.32 Å². The highest BCUT2D eigenvalue weighted by Crippen LogP contribution is 2.04. The van der Waals surface area contributed by atoms with Crippen LogP contribution in [-0.2, 0) is 4.74 Å². The molecule has 1 rings (SSSR count). The molecule has 10 heavy (non-hydrogen) atoms. The number of ether oxygens (including phenoxy) is 1. The summed E-state index contributed by atoms with van der Waals surface area (Å²) in [5.74, 6) is 0.310. The minimum atomic E-state index is 0.0116. The van der Waals surface area contributed by atoms with Crippen molar-refractivity contribution in [3.63, 3.8) is 0 Å². The van der Waals surface area contributed by atoms with Crippen LogP contribution in [0.1, 0.15) is 0 Å². The third-order valence-electron chi connectivity index (χ3n) is 1.08. The Morgan fingerprint density at radius 1 is 1.50 bits per heavy atom. The monoisotopic (exact) mass is 135 g/mol. The van der Waals surface area contributed by atoms with Crippen molar-refractivity contribution >= 4 is 0 Å². The van der Waals surface area contributed by atoms with Crippen LogP contribution < -0.4 is 5.32 Å². The highest BCUT2D eigenvalue weighted by Gasteiger charge is 2.11. The van der Waals surface area contributed by atoms with Crippen LogP contribution in [0.15, 0.2) is 11.5 Å². The minimum Gasteiger partial charge on any atom is -0.476 e. The Hall–Kier alpha value is -1.68. The summed E-state index contributed by atoms with van der Waals surface area (Å²) in [4.78, 5) is 0. The smallest absolute Gasteiger partial charge is 0.216 e. The van der Waals surface area contributed by atoms with Gasteiger partial charge < -0.3 is 10.1 Å². The fourth-order valence-electron chi connectivity index (χ4n) is 0.656. The van der Waals surface area contributed by atoms with Gasteiger partial charge in [-0.25, -0.2) is 0 Å². The zero-order valence-corrected chi connectivity index (χ0v) is 5.22. The maximum Gasteiger partial charge on any atom is 0.216 e. The van der Waals surface area contributed by atoms with Crippen LogP contribution in [0.4, 0.5) is 0 Å². The summed E-state index contributed by atoms with van der Waals surface area (Å²) in [5.41, 5.74) is 0.0116. The van der Waals surface area contributed by atoms with E-state index in [9.17, 15) is 0 Å². The van der Waals surface area contributed by atoms with E-state index in [0.29, 0.717) is 19.0 Å². The molecule has 0 aromatic heterocycles. The molecule has 1 saturated heterocycles. The maximum absolute atomic E-state index is 8.34. The van der Waals surface area contributed by atoms with Gasteiger partial charge in [-0.1, -0.05) is 0 Å². The maximum atomic E-state index is 8.34. The summed E-state index contributed by atoms with van der Waals surface area (Å²) in [6.07, 6.45) is 0. The van der Waals surface area contributed by atoms with Crippen molar-refractivity contribution in [2.24, 2.45) is 0 Å². The van der Waals surface area contributed by atoms with Crippen molar-refractivity contribution in [3.8, 4) is 12.1 Å². The average Bonchev–Trinajstić information content (AvgIpc) is 2.43. The number of nitrogens with one attached hydrogen (secondary N) is 1. The Labute approximate surface area is 58.3 Å². The van der Waals surface area contributed by atoms with Crippen molar-refractivity contribution in [1.29, 1.82) is 10.5 Å². The van der Waals surface area contributed by atoms with Crippen LogP contribution >= 0.6 is 0 Å². The van der Waals surface area contributed by atoms with Crippen LogP contribution in [-0.4, -0.2) is 13.2 Å². The Bertz CT molecular complexity index is 219. The van der Waals surface area contributed by atoms with Crippen LogP contribution in [0.5, 0.6) is 0 Å². The van der Waals surface area contributed by atoms with Crippen LogP contribution in [0.3, 0.4) is 0 Å². The van der Waals surface area contributed by atoms with E-state index in [1.54, 1.807) is 12.1 Å². The normalized spacial score (nSPS) is 14.4. The van der Waals surface area contributed by atoms with Gasteiger partial charge in [0.25, 0.3) is 0 Å². The largest absolute Gasteiger partial charge is 0.476 e. The second kappa shape index (κ2) is 2.75. The highest BCUT2D eigenvalue weighted by molar-refractivity contribution is 5.37. The standard InChI is InChI=1S/C6H5N3O/c7-3-5(4-8)6-9-1-2-10-6/h9H,1-2H2. The first-order valence-electron chi connectivity index (χ1n) is 2.79. The van der Waals surface area contributed by atoms with Crippen LogP contribution in [0.25, 0.3) is 0 Å². The minimum absolute atomic E-state index is 0.0116. The van der Waals surface area contributed by atoms with Crippen molar-refractivity contribution in [3.05, 3.63) is 11.5 Å². The van der Waals surface area contributed by atoms with E-state index >= 15 is 0 Å². The molecular weight excluding hydrogens is 130 g/mol.